The van der Waals surface area contributed by atoms with E-state index in [4.69, 9.17) is 0 Å². The number of ether oxygens (including phenoxy) is 1. The number of carbonyl (C=O) groups is 1. The fourth-order valence-electron chi connectivity index (χ4n) is 2.46. The number of benzene rings is 1. The fourth-order valence-corrected chi connectivity index (χ4v) is 4.01. The van der Waals surface area contributed by atoms with Gasteiger partial charge in [-0.15, -0.1) is 12.4 Å². The molecule has 0 spiro atoms. The zero-order chi connectivity index (χ0) is 16.3. The van der Waals surface area contributed by atoms with E-state index in [9.17, 15) is 17.6 Å². The van der Waals surface area contributed by atoms with Gasteiger partial charge >= 0.3 is 5.97 Å². The maximum absolute atomic E-state index is 13.3. The molecule has 1 saturated heterocycles. The first kappa shape index (κ1) is 19.8. The first-order valence-electron chi connectivity index (χ1n) is 6.96. The molecule has 1 aromatic carbocycles. The molecule has 2 unspecified atom stereocenters. The molecule has 2 rings (SSSR count). The highest BCUT2D eigenvalue weighted by molar-refractivity contribution is 7.89. The van der Waals surface area contributed by atoms with Gasteiger partial charge < -0.3 is 10.1 Å². The Labute approximate surface area is 141 Å². The largest absolute Gasteiger partial charge is 0.465 e. The normalized spacial score (nSPS) is 21.3. The van der Waals surface area contributed by atoms with Crippen molar-refractivity contribution in [2.75, 3.05) is 20.2 Å². The van der Waals surface area contributed by atoms with Crippen LogP contribution in [-0.4, -0.2) is 40.6 Å². The smallest absolute Gasteiger partial charge is 0.339 e. The molecule has 23 heavy (non-hydrogen) atoms. The standard InChI is InChI=1S/C14H19FN2O4S.ClH/c1-9-8-16-6-5-12(9)17-22(19,20)13-4-3-10(15)7-11(13)14(18)21-2;/h3-4,7,9,12,16-17H,5-6,8H2,1-2H3;1H. The molecule has 9 heteroatoms. The SMILES string of the molecule is COC(=O)c1cc(F)ccc1S(=O)(=O)NC1CCNCC1C.Cl. The van der Waals surface area contributed by atoms with E-state index < -0.39 is 21.8 Å². The molecule has 2 N–H and O–H groups in total. The zero-order valence-electron chi connectivity index (χ0n) is 12.8. The summed E-state index contributed by atoms with van der Waals surface area (Å²) in [5.41, 5.74) is -0.309. The van der Waals surface area contributed by atoms with E-state index in [0.717, 1.165) is 25.3 Å². The van der Waals surface area contributed by atoms with Crippen molar-refractivity contribution in [3.8, 4) is 0 Å². The number of hydrogen-bond acceptors (Lipinski definition) is 5. The fraction of sp³-hybridized carbons (Fsp3) is 0.500. The number of esters is 1. The van der Waals surface area contributed by atoms with Crippen molar-refractivity contribution in [1.82, 2.24) is 10.0 Å². The zero-order valence-corrected chi connectivity index (χ0v) is 14.5. The molecule has 6 nitrogen and oxygen atoms in total. The molecule has 0 aliphatic carbocycles. The highest BCUT2D eigenvalue weighted by Crippen LogP contribution is 2.20. The average Bonchev–Trinajstić information content (AvgIpc) is 2.48. The number of halogens is 2. The Balaban J connectivity index is 0.00000264. The van der Waals surface area contributed by atoms with Crippen LogP contribution in [0.5, 0.6) is 0 Å². The van der Waals surface area contributed by atoms with Crippen LogP contribution in [0.15, 0.2) is 23.1 Å². The van der Waals surface area contributed by atoms with Gasteiger partial charge in [0.15, 0.2) is 0 Å². The highest BCUT2D eigenvalue weighted by atomic mass is 35.5. The lowest BCUT2D eigenvalue weighted by Gasteiger charge is -2.30. The van der Waals surface area contributed by atoms with Crippen molar-refractivity contribution in [3.63, 3.8) is 0 Å². The van der Waals surface area contributed by atoms with E-state index >= 15 is 0 Å². The summed E-state index contributed by atoms with van der Waals surface area (Å²) in [7, 11) is -2.82. The molecule has 1 aliphatic heterocycles. The molecular weight excluding hydrogens is 347 g/mol. The Morgan fingerprint density at radius 1 is 1.43 bits per heavy atom. The van der Waals surface area contributed by atoms with E-state index in [2.05, 4.69) is 14.8 Å². The molecule has 0 radical (unpaired) electrons. The molecule has 0 amide bonds. The van der Waals surface area contributed by atoms with Gasteiger partial charge in [0, 0.05) is 6.04 Å². The summed E-state index contributed by atoms with van der Waals surface area (Å²) in [4.78, 5) is 11.4. The van der Waals surface area contributed by atoms with Crippen molar-refractivity contribution in [1.29, 1.82) is 0 Å². The van der Waals surface area contributed by atoms with Crippen molar-refractivity contribution in [2.24, 2.45) is 5.92 Å². The Hall–Kier alpha value is -1.22. The molecule has 1 aromatic rings. The van der Waals surface area contributed by atoms with Crippen LogP contribution >= 0.6 is 12.4 Å². The predicted molar refractivity (Wildman–Crippen MR) is 85.7 cm³/mol. The summed E-state index contributed by atoms with van der Waals surface area (Å²) in [5, 5.41) is 3.18. The van der Waals surface area contributed by atoms with E-state index in [1.54, 1.807) is 0 Å². The Bertz CT molecular complexity index is 669. The summed E-state index contributed by atoms with van der Waals surface area (Å²) in [6.07, 6.45) is 0.648. The van der Waals surface area contributed by atoms with Crippen LogP contribution in [0.3, 0.4) is 0 Å². The van der Waals surface area contributed by atoms with Gasteiger partial charge in [0.2, 0.25) is 10.0 Å². The predicted octanol–water partition coefficient (Wildman–Crippen LogP) is 1.31. The molecule has 2 atom stereocenters. The third-order valence-electron chi connectivity index (χ3n) is 3.73. The van der Waals surface area contributed by atoms with Crippen LogP contribution in [0.25, 0.3) is 0 Å². The van der Waals surface area contributed by atoms with Gasteiger partial charge in [0.25, 0.3) is 0 Å². The average molecular weight is 367 g/mol. The molecular formula is C14H20ClFN2O4S. The molecule has 130 valence electrons. The van der Waals surface area contributed by atoms with Crippen LogP contribution < -0.4 is 10.0 Å². The van der Waals surface area contributed by atoms with Crippen molar-refractivity contribution >= 4 is 28.4 Å². The van der Waals surface area contributed by atoms with E-state index in [1.807, 2.05) is 6.92 Å². The summed E-state index contributed by atoms with van der Waals surface area (Å²) in [6.45, 7) is 3.36. The number of piperidine rings is 1. The summed E-state index contributed by atoms with van der Waals surface area (Å²) in [6, 6.07) is 2.72. The number of rotatable bonds is 4. The van der Waals surface area contributed by atoms with E-state index in [0.29, 0.717) is 19.5 Å². The van der Waals surface area contributed by atoms with Gasteiger partial charge in [-0.25, -0.2) is 22.3 Å². The number of nitrogens with one attached hydrogen (secondary N) is 2. The van der Waals surface area contributed by atoms with Crippen molar-refractivity contribution < 1.29 is 22.3 Å². The minimum absolute atomic E-state index is 0. The van der Waals surface area contributed by atoms with Crippen LogP contribution in [0.1, 0.15) is 23.7 Å². The first-order valence-corrected chi connectivity index (χ1v) is 8.44. The molecule has 0 aromatic heterocycles. The highest BCUT2D eigenvalue weighted by Gasteiger charge is 2.29. The number of carbonyl (C=O) groups excluding carboxylic acids is 1. The summed E-state index contributed by atoms with van der Waals surface area (Å²) >= 11 is 0. The van der Waals surface area contributed by atoms with Crippen LogP contribution in [-0.2, 0) is 14.8 Å². The lowest BCUT2D eigenvalue weighted by Crippen LogP contribution is -2.48. The van der Waals surface area contributed by atoms with Gasteiger partial charge in [0.05, 0.1) is 17.6 Å². The monoisotopic (exact) mass is 366 g/mol. The Kier molecular flexibility index (Phi) is 6.94. The van der Waals surface area contributed by atoms with Crippen LogP contribution in [0.2, 0.25) is 0 Å². The van der Waals surface area contributed by atoms with Crippen molar-refractivity contribution in [2.45, 2.75) is 24.3 Å². The minimum atomic E-state index is -3.94. The molecule has 1 aliphatic rings. The molecule has 0 saturated carbocycles. The third-order valence-corrected chi connectivity index (χ3v) is 5.28. The number of methoxy groups -OCH3 is 1. The van der Waals surface area contributed by atoms with Gasteiger partial charge in [0.1, 0.15) is 5.82 Å². The maximum atomic E-state index is 13.3. The second-order valence-corrected chi connectivity index (χ2v) is 7.01. The summed E-state index contributed by atoms with van der Waals surface area (Å²) in [5.74, 6) is -1.47. The van der Waals surface area contributed by atoms with Gasteiger partial charge in [-0.1, -0.05) is 6.92 Å². The van der Waals surface area contributed by atoms with Gasteiger partial charge in [-0.05, 0) is 43.6 Å². The molecule has 1 heterocycles. The summed E-state index contributed by atoms with van der Waals surface area (Å²) < 4.78 is 45.5. The maximum Gasteiger partial charge on any atom is 0.339 e. The number of hydrogen-bond donors (Lipinski definition) is 2. The topological polar surface area (TPSA) is 84.5 Å². The molecule has 1 fully saturated rings. The number of sulfonamides is 1. The van der Waals surface area contributed by atoms with Crippen molar-refractivity contribution in [3.05, 3.63) is 29.6 Å². The molecule has 0 bridgehead atoms. The van der Waals surface area contributed by atoms with Gasteiger partial charge in [-0.3, -0.25) is 0 Å². The van der Waals surface area contributed by atoms with Crippen LogP contribution in [0.4, 0.5) is 4.39 Å². The minimum Gasteiger partial charge on any atom is -0.465 e. The lowest BCUT2D eigenvalue weighted by molar-refractivity contribution is 0.0595. The first-order chi connectivity index (χ1) is 10.3. The lowest BCUT2D eigenvalue weighted by atomic mass is 9.97. The van der Waals surface area contributed by atoms with Gasteiger partial charge in [-0.2, -0.15) is 0 Å². The van der Waals surface area contributed by atoms with E-state index in [-0.39, 0.29) is 34.8 Å². The van der Waals surface area contributed by atoms with Crippen LogP contribution in [0, 0.1) is 11.7 Å². The van der Waals surface area contributed by atoms with E-state index in [1.165, 1.54) is 0 Å². The third kappa shape index (κ3) is 4.63. The Morgan fingerprint density at radius 3 is 2.74 bits per heavy atom. The second-order valence-electron chi connectivity index (χ2n) is 5.33. The quantitative estimate of drug-likeness (QED) is 0.785. The Morgan fingerprint density at radius 2 is 2.13 bits per heavy atom. The second kappa shape index (κ2) is 8.05.